The van der Waals surface area contributed by atoms with E-state index in [0.717, 1.165) is 45.6 Å². The lowest BCUT2D eigenvalue weighted by atomic mass is 9.91. The van der Waals surface area contributed by atoms with Crippen LogP contribution in [-0.2, 0) is 0 Å². The van der Waals surface area contributed by atoms with Gasteiger partial charge in [0, 0.05) is 45.2 Å². The smallest absolute Gasteiger partial charge is 0.301 e. The number of nitrogens with zero attached hydrogens (tertiary/aromatic N) is 3. The molecular weight excluding hydrogens is 284 g/mol. The first-order valence-corrected chi connectivity index (χ1v) is 9.01. The molecule has 22 heavy (non-hydrogen) atoms. The van der Waals surface area contributed by atoms with Gasteiger partial charge in [-0.3, -0.25) is 0 Å². The fourth-order valence-corrected chi connectivity index (χ4v) is 3.85. The van der Waals surface area contributed by atoms with E-state index in [1.54, 1.807) is 0 Å². The van der Waals surface area contributed by atoms with Gasteiger partial charge in [0.2, 0.25) is 0 Å². The summed E-state index contributed by atoms with van der Waals surface area (Å²) < 4.78 is 28.4. The zero-order valence-corrected chi connectivity index (χ0v) is 14.5. The Morgan fingerprint density at radius 1 is 1.00 bits per heavy atom. The third-order valence-corrected chi connectivity index (χ3v) is 5.21. The average Bonchev–Trinajstić information content (AvgIpc) is 2.45. The standard InChI is InChI=1S/C17H33F2N3/c1-4-7-20-10-12-21(13-11-20)8-5-16-6-9-22(15(2)3)17(18,19)14-16/h15-16H,4-14H2,1-3H3. The van der Waals surface area contributed by atoms with E-state index in [4.69, 9.17) is 0 Å². The van der Waals surface area contributed by atoms with Crippen molar-refractivity contribution in [2.45, 2.75) is 58.5 Å². The number of hydrogen-bond donors (Lipinski definition) is 0. The molecule has 0 saturated carbocycles. The van der Waals surface area contributed by atoms with Crippen LogP contribution in [0.25, 0.3) is 0 Å². The van der Waals surface area contributed by atoms with Gasteiger partial charge in [0.05, 0.1) is 0 Å². The predicted molar refractivity (Wildman–Crippen MR) is 87.3 cm³/mol. The molecule has 0 amide bonds. The van der Waals surface area contributed by atoms with E-state index in [2.05, 4.69) is 16.7 Å². The van der Waals surface area contributed by atoms with Crippen LogP contribution in [0.4, 0.5) is 8.78 Å². The molecule has 0 aliphatic carbocycles. The van der Waals surface area contributed by atoms with Gasteiger partial charge in [-0.25, -0.2) is 4.90 Å². The average molecular weight is 317 g/mol. The Bertz CT molecular complexity index is 328. The number of piperidine rings is 1. The Labute approximate surface area is 134 Å². The predicted octanol–water partition coefficient (Wildman–Crippen LogP) is 3.12. The zero-order valence-electron chi connectivity index (χ0n) is 14.5. The molecule has 0 spiro atoms. The molecule has 2 aliphatic rings. The summed E-state index contributed by atoms with van der Waals surface area (Å²) in [5.74, 6) is 0.179. The van der Waals surface area contributed by atoms with Gasteiger partial charge < -0.3 is 9.80 Å². The minimum absolute atomic E-state index is 0.0426. The van der Waals surface area contributed by atoms with Crippen molar-refractivity contribution in [3.05, 3.63) is 0 Å². The second-order valence-corrected chi connectivity index (χ2v) is 7.28. The van der Waals surface area contributed by atoms with Crippen LogP contribution in [0, 0.1) is 5.92 Å². The first kappa shape index (κ1) is 18.1. The minimum atomic E-state index is -2.61. The van der Waals surface area contributed by atoms with Crippen LogP contribution in [0.3, 0.4) is 0 Å². The summed E-state index contributed by atoms with van der Waals surface area (Å²) in [6.45, 7) is 13.1. The van der Waals surface area contributed by atoms with E-state index < -0.39 is 6.05 Å². The number of rotatable bonds is 6. The Kier molecular flexibility index (Phi) is 6.59. The molecule has 0 N–H and O–H groups in total. The summed E-state index contributed by atoms with van der Waals surface area (Å²) in [5, 5.41) is 0. The second kappa shape index (κ2) is 8.02. The van der Waals surface area contributed by atoms with Crippen molar-refractivity contribution in [3.63, 3.8) is 0 Å². The van der Waals surface area contributed by atoms with Crippen molar-refractivity contribution in [2.75, 3.05) is 45.8 Å². The maximum absolute atomic E-state index is 14.2. The topological polar surface area (TPSA) is 9.72 Å². The molecule has 0 radical (unpaired) electrons. The molecule has 5 heteroatoms. The monoisotopic (exact) mass is 317 g/mol. The zero-order chi connectivity index (χ0) is 16.2. The molecule has 2 saturated heterocycles. The molecule has 0 aromatic rings. The van der Waals surface area contributed by atoms with Crippen LogP contribution in [0.15, 0.2) is 0 Å². The summed E-state index contributed by atoms with van der Waals surface area (Å²) in [5.41, 5.74) is 0. The van der Waals surface area contributed by atoms with Crippen molar-refractivity contribution in [3.8, 4) is 0 Å². The minimum Gasteiger partial charge on any atom is -0.301 e. The van der Waals surface area contributed by atoms with Gasteiger partial charge in [0.1, 0.15) is 0 Å². The number of piperazine rings is 1. The van der Waals surface area contributed by atoms with Gasteiger partial charge in [-0.05, 0) is 52.1 Å². The Balaban J connectivity index is 1.70. The van der Waals surface area contributed by atoms with Crippen LogP contribution in [-0.4, -0.2) is 72.6 Å². The van der Waals surface area contributed by atoms with Crippen molar-refractivity contribution in [2.24, 2.45) is 5.92 Å². The first-order chi connectivity index (χ1) is 10.4. The van der Waals surface area contributed by atoms with Crippen molar-refractivity contribution in [1.29, 1.82) is 0 Å². The Morgan fingerprint density at radius 3 is 2.09 bits per heavy atom. The summed E-state index contributed by atoms with van der Waals surface area (Å²) in [7, 11) is 0. The third-order valence-electron chi connectivity index (χ3n) is 5.21. The number of halogens is 2. The highest BCUT2D eigenvalue weighted by molar-refractivity contribution is 4.84. The lowest BCUT2D eigenvalue weighted by Gasteiger charge is -2.42. The van der Waals surface area contributed by atoms with Gasteiger partial charge in [0.15, 0.2) is 0 Å². The molecule has 1 atom stereocenters. The summed E-state index contributed by atoms with van der Waals surface area (Å²) in [4.78, 5) is 6.33. The first-order valence-electron chi connectivity index (χ1n) is 9.01. The summed E-state index contributed by atoms with van der Waals surface area (Å²) in [6, 6.07) is -2.68. The SMILES string of the molecule is CCCN1CCN(CCC2CCN(C(C)C)C(F)(F)C2)CC1. The highest BCUT2D eigenvalue weighted by Gasteiger charge is 2.44. The van der Waals surface area contributed by atoms with Crippen LogP contribution in [0.1, 0.15) is 46.5 Å². The van der Waals surface area contributed by atoms with Crippen LogP contribution in [0.2, 0.25) is 0 Å². The molecule has 2 rings (SSSR count). The molecule has 0 aromatic carbocycles. The van der Waals surface area contributed by atoms with E-state index in [-0.39, 0.29) is 18.4 Å². The molecule has 0 aromatic heterocycles. The van der Waals surface area contributed by atoms with Gasteiger partial charge in [-0.15, -0.1) is 0 Å². The summed E-state index contributed by atoms with van der Waals surface area (Å²) >= 11 is 0. The van der Waals surface area contributed by atoms with Crippen LogP contribution >= 0.6 is 0 Å². The maximum atomic E-state index is 14.2. The van der Waals surface area contributed by atoms with E-state index in [0.29, 0.717) is 6.54 Å². The van der Waals surface area contributed by atoms with Crippen molar-refractivity contribution in [1.82, 2.24) is 14.7 Å². The van der Waals surface area contributed by atoms with Crippen molar-refractivity contribution >= 4 is 0 Å². The van der Waals surface area contributed by atoms with Crippen LogP contribution in [0.5, 0.6) is 0 Å². The molecule has 2 heterocycles. The number of likely N-dealkylation sites (tertiary alicyclic amines) is 1. The Hall–Kier alpha value is -0.260. The fraction of sp³-hybridized carbons (Fsp3) is 1.00. The lowest BCUT2D eigenvalue weighted by Crippen LogP contribution is -2.52. The molecule has 1 unspecified atom stereocenters. The van der Waals surface area contributed by atoms with E-state index >= 15 is 0 Å². The third kappa shape index (κ3) is 4.87. The molecule has 0 bridgehead atoms. The van der Waals surface area contributed by atoms with E-state index in [9.17, 15) is 8.78 Å². The quantitative estimate of drug-likeness (QED) is 0.697. The molecule has 2 fully saturated rings. The van der Waals surface area contributed by atoms with Gasteiger partial charge in [0.25, 0.3) is 0 Å². The molecule has 130 valence electrons. The van der Waals surface area contributed by atoms with Crippen LogP contribution < -0.4 is 0 Å². The van der Waals surface area contributed by atoms with E-state index in [1.165, 1.54) is 17.9 Å². The maximum Gasteiger partial charge on any atom is 0.305 e. The van der Waals surface area contributed by atoms with Gasteiger partial charge in [-0.2, -0.15) is 8.78 Å². The largest absolute Gasteiger partial charge is 0.305 e. The molecule has 2 aliphatic heterocycles. The summed E-state index contributed by atoms with van der Waals surface area (Å²) in [6.07, 6.45) is 3.10. The normalized spacial score (nSPS) is 28.4. The van der Waals surface area contributed by atoms with E-state index in [1.807, 2.05) is 13.8 Å². The highest BCUT2D eigenvalue weighted by Crippen LogP contribution is 2.37. The lowest BCUT2D eigenvalue weighted by molar-refractivity contribution is -0.193. The molecular formula is C17H33F2N3. The van der Waals surface area contributed by atoms with Gasteiger partial charge in [-0.1, -0.05) is 6.92 Å². The van der Waals surface area contributed by atoms with Crippen molar-refractivity contribution < 1.29 is 8.78 Å². The fourth-order valence-electron chi connectivity index (χ4n) is 3.85. The molecule has 3 nitrogen and oxygen atoms in total. The number of alkyl halides is 2. The Morgan fingerprint density at radius 2 is 1.59 bits per heavy atom. The second-order valence-electron chi connectivity index (χ2n) is 7.28. The number of hydrogen-bond acceptors (Lipinski definition) is 3. The highest BCUT2D eigenvalue weighted by atomic mass is 19.3. The van der Waals surface area contributed by atoms with Gasteiger partial charge >= 0.3 is 6.05 Å².